The molecule has 0 saturated carbocycles. The van der Waals surface area contributed by atoms with Gasteiger partial charge in [0, 0.05) is 41.6 Å². The molecule has 6 heteroatoms. The first-order chi connectivity index (χ1) is 12.3. The molecule has 0 spiro atoms. The summed E-state index contributed by atoms with van der Waals surface area (Å²) in [4.78, 5) is 13.3. The molecular weight excluding hydrogens is 336 g/mol. The van der Waals surface area contributed by atoms with Crippen LogP contribution in [0, 0.1) is 0 Å². The second-order valence-electron chi connectivity index (χ2n) is 7.13. The fourth-order valence-corrected chi connectivity index (χ4v) is 4.85. The molecule has 2 unspecified atom stereocenters. The van der Waals surface area contributed by atoms with Gasteiger partial charge in [-0.25, -0.2) is 0 Å². The molecule has 2 fully saturated rings. The number of ether oxygens (including phenoxy) is 2. The van der Waals surface area contributed by atoms with E-state index in [4.69, 9.17) is 9.47 Å². The third-order valence-corrected chi connectivity index (χ3v) is 6.15. The van der Waals surface area contributed by atoms with Gasteiger partial charge >= 0.3 is 0 Å². The summed E-state index contributed by atoms with van der Waals surface area (Å²) >= 11 is 1.70. The molecule has 2 saturated heterocycles. The van der Waals surface area contributed by atoms with Crippen molar-refractivity contribution in [1.82, 2.24) is 10.6 Å². The van der Waals surface area contributed by atoms with Crippen LogP contribution in [0.5, 0.6) is 11.5 Å². The van der Waals surface area contributed by atoms with Gasteiger partial charge < -0.3 is 20.1 Å². The largest absolute Gasteiger partial charge is 0.490 e. The van der Waals surface area contributed by atoms with Crippen LogP contribution in [-0.2, 0) is 4.79 Å². The van der Waals surface area contributed by atoms with Crippen molar-refractivity contribution in [2.75, 3.05) is 19.0 Å². The Morgan fingerprint density at radius 3 is 2.72 bits per heavy atom. The van der Waals surface area contributed by atoms with Crippen LogP contribution in [0.3, 0.4) is 0 Å². The molecule has 2 atom stereocenters. The van der Waals surface area contributed by atoms with Crippen molar-refractivity contribution in [2.24, 2.45) is 0 Å². The highest BCUT2D eigenvalue weighted by molar-refractivity contribution is 7.99. The van der Waals surface area contributed by atoms with Crippen LogP contribution in [0.4, 0.5) is 0 Å². The van der Waals surface area contributed by atoms with Crippen molar-refractivity contribution in [3.63, 3.8) is 0 Å². The summed E-state index contributed by atoms with van der Waals surface area (Å²) in [7, 11) is 0. The minimum atomic E-state index is 0.174. The smallest absolute Gasteiger partial charge is 0.221 e. The van der Waals surface area contributed by atoms with Crippen molar-refractivity contribution >= 4 is 17.7 Å². The van der Waals surface area contributed by atoms with Gasteiger partial charge in [-0.05, 0) is 43.9 Å². The Morgan fingerprint density at radius 1 is 1.16 bits per heavy atom. The van der Waals surface area contributed by atoms with E-state index in [-0.39, 0.29) is 5.91 Å². The SMILES string of the molecule is O=C(CCSc1ccc2c(c1)OCCCO2)NC1CC2CCC(C1)N2. The molecule has 1 aromatic carbocycles. The number of thioether (sulfide) groups is 1. The number of fused-ring (bicyclic) bond motifs is 3. The Kier molecular flexibility index (Phi) is 5.36. The zero-order chi connectivity index (χ0) is 17.1. The number of carbonyl (C=O) groups excluding carboxylic acids is 1. The fraction of sp³-hybridized carbons (Fsp3) is 0.632. The van der Waals surface area contributed by atoms with Crippen LogP contribution in [0.25, 0.3) is 0 Å². The van der Waals surface area contributed by atoms with E-state index in [2.05, 4.69) is 10.6 Å². The Hall–Kier alpha value is -1.40. The number of hydrogen-bond acceptors (Lipinski definition) is 5. The van der Waals surface area contributed by atoms with Crippen molar-refractivity contribution < 1.29 is 14.3 Å². The predicted molar refractivity (Wildman–Crippen MR) is 98.5 cm³/mol. The van der Waals surface area contributed by atoms with E-state index in [1.54, 1.807) is 11.8 Å². The molecule has 0 aliphatic carbocycles. The number of carbonyl (C=O) groups is 1. The molecule has 1 amide bonds. The second-order valence-corrected chi connectivity index (χ2v) is 8.30. The summed E-state index contributed by atoms with van der Waals surface area (Å²) in [6.45, 7) is 1.40. The van der Waals surface area contributed by atoms with Crippen LogP contribution in [0.1, 0.15) is 38.5 Å². The fourth-order valence-electron chi connectivity index (χ4n) is 3.97. The van der Waals surface area contributed by atoms with Gasteiger partial charge in [0.25, 0.3) is 0 Å². The molecule has 136 valence electrons. The lowest BCUT2D eigenvalue weighted by Crippen LogP contribution is -2.48. The number of piperidine rings is 1. The predicted octanol–water partition coefficient (Wildman–Crippen LogP) is 2.73. The van der Waals surface area contributed by atoms with E-state index in [1.807, 2.05) is 18.2 Å². The summed E-state index contributed by atoms with van der Waals surface area (Å²) in [6.07, 6.45) is 6.15. The van der Waals surface area contributed by atoms with Crippen molar-refractivity contribution in [3.05, 3.63) is 18.2 Å². The van der Waals surface area contributed by atoms with Gasteiger partial charge in [-0.3, -0.25) is 4.79 Å². The molecular formula is C19H26N2O3S. The summed E-state index contributed by atoms with van der Waals surface area (Å²) in [5.74, 6) is 2.59. The van der Waals surface area contributed by atoms with Gasteiger partial charge in [-0.1, -0.05) is 0 Å². The molecule has 0 aromatic heterocycles. The third kappa shape index (κ3) is 4.42. The minimum Gasteiger partial charge on any atom is -0.490 e. The third-order valence-electron chi connectivity index (χ3n) is 5.16. The highest BCUT2D eigenvalue weighted by Crippen LogP contribution is 2.34. The van der Waals surface area contributed by atoms with Gasteiger partial charge in [0.1, 0.15) is 0 Å². The van der Waals surface area contributed by atoms with Crippen LogP contribution in [0.15, 0.2) is 23.1 Å². The normalized spacial score (nSPS) is 27.6. The molecule has 0 radical (unpaired) electrons. The molecule has 1 aromatic rings. The van der Waals surface area contributed by atoms with Crippen molar-refractivity contribution in [1.29, 1.82) is 0 Å². The maximum absolute atomic E-state index is 12.2. The van der Waals surface area contributed by atoms with Gasteiger partial charge in [0.05, 0.1) is 13.2 Å². The standard InChI is InChI=1S/C19H26N2O3S/c22-19(21-15-10-13-2-3-14(11-15)20-13)6-9-25-16-4-5-17-18(12-16)24-8-1-7-23-17/h4-5,12-15,20H,1-3,6-11H2,(H,21,22). The van der Waals surface area contributed by atoms with E-state index in [9.17, 15) is 4.79 Å². The number of amides is 1. The van der Waals surface area contributed by atoms with E-state index in [1.165, 1.54) is 12.8 Å². The highest BCUT2D eigenvalue weighted by atomic mass is 32.2. The Labute approximate surface area is 153 Å². The monoisotopic (exact) mass is 362 g/mol. The van der Waals surface area contributed by atoms with Crippen LogP contribution >= 0.6 is 11.8 Å². The number of benzene rings is 1. The van der Waals surface area contributed by atoms with Crippen LogP contribution in [-0.4, -0.2) is 43.0 Å². The van der Waals surface area contributed by atoms with E-state index >= 15 is 0 Å². The zero-order valence-corrected chi connectivity index (χ0v) is 15.3. The number of nitrogens with one attached hydrogen (secondary N) is 2. The van der Waals surface area contributed by atoms with Gasteiger partial charge in [0.15, 0.2) is 11.5 Å². The maximum Gasteiger partial charge on any atom is 0.221 e. The lowest BCUT2D eigenvalue weighted by Gasteiger charge is -2.29. The average molecular weight is 362 g/mol. The Morgan fingerprint density at radius 2 is 1.92 bits per heavy atom. The minimum absolute atomic E-state index is 0.174. The Bertz CT molecular complexity index is 613. The van der Waals surface area contributed by atoms with Crippen molar-refractivity contribution in [3.8, 4) is 11.5 Å². The molecule has 3 aliphatic rings. The summed E-state index contributed by atoms with van der Waals surface area (Å²) < 4.78 is 11.4. The Balaban J connectivity index is 1.22. The first kappa shape index (κ1) is 17.0. The quantitative estimate of drug-likeness (QED) is 0.789. The van der Waals surface area contributed by atoms with E-state index in [0.29, 0.717) is 37.8 Å². The van der Waals surface area contributed by atoms with Gasteiger partial charge in [-0.2, -0.15) is 0 Å². The highest BCUT2D eigenvalue weighted by Gasteiger charge is 2.33. The molecule has 2 N–H and O–H groups in total. The summed E-state index contributed by atoms with van der Waals surface area (Å²) in [5.41, 5.74) is 0. The number of hydrogen-bond donors (Lipinski definition) is 2. The molecule has 25 heavy (non-hydrogen) atoms. The second kappa shape index (κ2) is 7.87. The average Bonchev–Trinajstić information content (AvgIpc) is 2.81. The molecule has 2 bridgehead atoms. The summed E-state index contributed by atoms with van der Waals surface area (Å²) in [5, 5.41) is 6.84. The van der Waals surface area contributed by atoms with Crippen LogP contribution in [0.2, 0.25) is 0 Å². The summed E-state index contributed by atoms with van der Waals surface area (Å²) in [6, 6.07) is 7.61. The lowest BCUT2D eigenvalue weighted by molar-refractivity contribution is -0.121. The van der Waals surface area contributed by atoms with E-state index < -0.39 is 0 Å². The molecule has 4 rings (SSSR count). The molecule has 3 aliphatic heterocycles. The molecule has 3 heterocycles. The molecule has 5 nitrogen and oxygen atoms in total. The zero-order valence-electron chi connectivity index (χ0n) is 14.5. The van der Waals surface area contributed by atoms with Crippen LogP contribution < -0.4 is 20.1 Å². The first-order valence-corrected chi connectivity index (χ1v) is 10.3. The lowest BCUT2D eigenvalue weighted by atomic mass is 10.00. The first-order valence-electron chi connectivity index (χ1n) is 9.34. The van der Waals surface area contributed by atoms with Gasteiger partial charge in [-0.15, -0.1) is 11.8 Å². The number of rotatable bonds is 5. The topological polar surface area (TPSA) is 59.6 Å². The van der Waals surface area contributed by atoms with Gasteiger partial charge in [0.2, 0.25) is 5.91 Å². The van der Waals surface area contributed by atoms with Crippen molar-refractivity contribution in [2.45, 2.75) is 61.5 Å². The van der Waals surface area contributed by atoms with E-state index in [0.717, 1.165) is 41.4 Å². The maximum atomic E-state index is 12.2.